The van der Waals surface area contributed by atoms with E-state index in [-0.39, 0.29) is 0 Å². The van der Waals surface area contributed by atoms with E-state index in [1.807, 2.05) is 147 Å². The molecule has 0 radical (unpaired) electrons. The molecule has 5 aromatic carbocycles. The minimum Gasteiger partial charge on any atom is -0.477 e. The van der Waals surface area contributed by atoms with Crippen molar-refractivity contribution in [2.75, 3.05) is 13.2 Å². The summed E-state index contributed by atoms with van der Waals surface area (Å²) in [6, 6.07) is 43.8. The summed E-state index contributed by atoms with van der Waals surface area (Å²) in [6.07, 6.45) is 0. The number of aryl methyl sites for hydroxylation is 2. The van der Waals surface area contributed by atoms with Gasteiger partial charge in [0, 0.05) is 22.3 Å². The smallest absolute Gasteiger partial charge is 0.222 e. The topological polar surface area (TPSA) is 67.9 Å². The first-order valence-electron chi connectivity index (χ1n) is 15.5. The van der Waals surface area contributed by atoms with Crippen LogP contribution in [0.1, 0.15) is 47.2 Å². The van der Waals surface area contributed by atoms with Crippen molar-refractivity contribution in [1.82, 2.24) is 0 Å². The Balaban J connectivity index is 1.68. The monoisotopic (exact) mass is 606 g/mol. The molecule has 0 saturated heterocycles. The summed E-state index contributed by atoms with van der Waals surface area (Å²) in [7, 11) is 0. The van der Waals surface area contributed by atoms with Crippen molar-refractivity contribution in [2.24, 2.45) is 20.0 Å². The van der Waals surface area contributed by atoms with Gasteiger partial charge in [-0.2, -0.15) is 9.98 Å². The van der Waals surface area contributed by atoms with Crippen molar-refractivity contribution in [2.45, 2.75) is 27.7 Å². The standard InChI is InChI=1S/C40H38N4O2/c1-5-45-39(31-14-9-7-10-15-31)43-37(41-35-24-20-29(3)21-25-35)33-18-13-19-34(28-33)38(42-36-26-22-30(4)23-27-36)44-40(46-6-2)32-16-11-8-12-17-32/h7-28H,5-6H2,1-4H3. The number of hydrogen-bond donors (Lipinski definition) is 0. The molecule has 0 N–H and O–H groups in total. The molecule has 0 bridgehead atoms. The Hall–Kier alpha value is -5.62. The van der Waals surface area contributed by atoms with Gasteiger partial charge in [0.1, 0.15) is 0 Å². The van der Waals surface area contributed by atoms with Crippen LogP contribution < -0.4 is 0 Å². The Kier molecular flexibility index (Phi) is 11.0. The van der Waals surface area contributed by atoms with Gasteiger partial charge in [-0.1, -0.05) is 90.0 Å². The van der Waals surface area contributed by atoms with Crippen LogP contribution in [0.4, 0.5) is 11.4 Å². The number of hydrogen-bond acceptors (Lipinski definition) is 4. The molecule has 0 heterocycles. The molecule has 46 heavy (non-hydrogen) atoms. The predicted octanol–water partition coefficient (Wildman–Crippen LogP) is 9.43. The summed E-state index contributed by atoms with van der Waals surface area (Å²) in [5, 5.41) is 0. The summed E-state index contributed by atoms with van der Waals surface area (Å²) in [5.74, 6) is 2.00. The van der Waals surface area contributed by atoms with Crippen LogP contribution in [-0.2, 0) is 9.47 Å². The Labute approximate surface area is 271 Å². The van der Waals surface area contributed by atoms with E-state index in [0.717, 1.165) is 44.8 Å². The molecule has 0 aliphatic carbocycles. The van der Waals surface area contributed by atoms with Gasteiger partial charge in [-0.3, -0.25) is 0 Å². The summed E-state index contributed by atoms with van der Waals surface area (Å²) < 4.78 is 12.1. The second-order valence-corrected chi connectivity index (χ2v) is 10.6. The summed E-state index contributed by atoms with van der Waals surface area (Å²) in [6.45, 7) is 8.94. The average Bonchev–Trinajstić information content (AvgIpc) is 3.10. The minimum atomic E-state index is 0.466. The van der Waals surface area contributed by atoms with E-state index in [1.165, 1.54) is 0 Å². The third-order valence-electron chi connectivity index (χ3n) is 6.94. The molecule has 0 unspecified atom stereocenters. The van der Waals surface area contributed by atoms with Crippen LogP contribution in [0.5, 0.6) is 0 Å². The van der Waals surface area contributed by atoms with Crippen LogP contribution in [0.2, 0.25) is 0 Å². The molecule has 0 aliphatic rings. The van der Waals surface area contributed by atoms with Gasteiger partial charge < -0.3 is 9.47 Å². The summed E-state index contributed by atoms with van der Waals surface area (Å²) >= 11 is 0. The molecule has 6 nitrogen and oxygen atoms in total. The number of amidine groups is 2. The predicted molar refractivity (Wildman–Crippen MR) is 190 cm³/mol. The average molecular weight is 607 g/mol. The van der Waals surface area contributed by atoms with Gasteiger partial charge in [0.05, 0.1) is 24.6 Å². The Morgan fingerprint density at radius 2 is 0.826 bits per heavy atom. The van der Waals surface area contributed by atoms with E-state index in [4.69, 9.17) is 29.4 Å². The number of nitrogens with zero attached hydrogens (tertiary/aromatic N) is 4. The molecule has 0 amide bonds. The van der Waals surface area contributed by atoms with Crippen molar-refractivity contribution in [3.63, 3.8) is 0 Å². The van der Waals surface area contributed by atoms with Crippen molar-refractivity contribution < 1.29 is 9.47 Å². The third kappa shape index (κ3) is 8.73. The van der Waals surface area contributed by atoms with Gasteiger partial charge in [-0.15, -0.1) is 0 Å². The highest BCUT2D eigenvalue weighted by Gasteiger charge is 2.14. The van der Waals surface area contributed by atoms with E-state index in [2.05, 4.69) is 13.8 Å². The molecule has 5 aromatic rings. The van der Waals surface area contributed by atoms with Crippen LogP contribution in [0.15, 0.2) is 153 Å². The molecule has 0 aliphatic heterocycles. The zero-order valence-corrected chi connectivity index (χ0v) is 26.7. The van der Waals surface area contributed by atoms with Crippen LogP contribution >= 0.6 is 0 Å². The summed E-state index contributed by atoms with van der Waals surface area (Å²) in [4.78, 5) is 20.0. The number of benzene rings is 5. The maximum atomic E-state index is 6.04. The molecular weight excluding hydrogens is 568 g/mol. The van der Waals surface area contributed by atoms with Gasteiger partial charge in [0.15, 0.2) is 11.7 Å². The largest absolute Gasteiger partial charge is 0.477 e. The molecule has 0 aromatic heterocycles. The van der Waals surface area contributed by atoms with E-state index in [9.17, 15) is 0 Å². The maximum Gasteiger partial charge on any atom is 0.222 e. The van der Waals surface area contributed by atoms with E-state index < -0.39 is 0 Å². The lowest BCUT2D eigenvalue weighted by Crippen LogP contribution is -2.12. The maximum absolute atomic E-state index is 6.04. The first kappa shape index (κ1) is 31.8. The fourth-order valence-corrected chi connectivity index (χ4v) is 4.58. The first-order valence-corrected chi connectivity index (χ1v) is 15.5. The number of ether oxygens (including phenoxy) is 2. The third-order valence-corrected chi connectivity index (χ3v) is 6.94. The van der Waals surface area contributed by atoms with Crippen LogP contribution in [0, 0.1) is 13.8 Å². The lowest BCUT2D eigenvalue weighted by atomic mass is 10.1. The molecular formula is C40H38N4O2. The van der Waals surface area contributed by atoms with Crippen molar-refractivity contribution >= 4 is 34.8 Å². The van der Waals surface area contributed by atoms with Gasteiger partial charge >= 0.3 is 0 Å². The number of rotatable bonds is 8. The van der Waals surface area contributed by atoms with Crippen LogP contribution in [-0.4, -0.2) is 36.7 Å². The first-order chi connectivity index (χ1) is 22.5. The molecule has 0 spiro atoms. The minimum absolute atomic E-state index is 0.466. The highest BCUT2D eigenvalue weighted by atomic mass is 16.5. The second-order valence-electron chi connectivity index (χ2n) is 10.6. The lowest BCUT2D eigenvalue weighted by molar-refractivity contribution is 0.329. The van der Waals surface area contributed by atoms with E-state index in [1.54, 1.807) is 0 Å². The van der Waals surface area contributed by atoms with Crippen LogP contribution in [0.25, 0.3) is 0 Å². The molecule has 0 fully saturated rings. The van der Waals surface area contributed by atoms with Gasteiger partial charge in [0.25, 0.3) is 0 Å². The molecule has 0 saturated carbocycles. The van der Waals surface area contributed by atoms with Crippen molar-refractivity contribution in [3.8, 4) is 0 Å². The molecule has 230 valence electrons. The quantitative estimate of drug-likeness (QED) is 0.130. The lowest BCUT2D eigenvalue weighted by Gasteiger charge is -2.12. The van der Waals surface area contributed by atoms with Crippen LogP contribution in [0.3, 0.4) is 0 Å². The van der Waals surface area contributed by atoms with Crippen molar-refractivity contribution in [1.29, 1.82) is 0 Å². The van der Waals surface area contributed by atoms with Crippen molar-refractivity contribution in [3.05, 3.63) is 167 Å². The molecule has 5 rings (SSSR count). The Morgan fingerprint density at radius 3 is 1.20 bits per heavy atom. The highest BCUT2D eigenvalue weighted by Crippen LogP contribution is 2.21. The zero-order chi connectivity index (χ0) is 32.1. The Morgan fingerprint density at radius 1 is 0.457 bits per heavy atom. The zero-order valence-electron chi connectivity index (χ0n) is 26.7. The van der Waals surface area contributed by atoms with Gasteiger partial charge in [-0.25, -0.2) is 9.98 Å². The Bertz CT molecular complexity index is 1710. The van der Waals surface area contributed by atoms with Gasteiger partial charge in [0.2, 0.25) is 11.8 Å². The molecule has 0 atom stereocenters. The fourth-order valence-electron chi connectivity index (χ4n) is 4.58. The second kappa shape index (κ2) is 15.9. The number of aliphatic imine (C=N–C) groups is 4. The van der Waals surface area contributed by atoms with Gasteiger partial charge in [-0.05, 0) is 82.3 Å². The fraction of sp³-hybridized carbons (Fsp3) is 0.150. The molecule has 6 heteroatoms. The van der Waals surface area contributed by atoms with E-state index in [0.29, 0.717) is 36.7 Å². The SMILES string of the molecule is CCOC(=NC(=Nc1ccc(C)cc1)c1cccc(C(=Nc2ccc(C)cc2)N=C(OCC)c2ccccc2)c1)c1ccccc1. The highest BCUT2D eigenvalue weighted by molar-refractivity contribution is 6.13. The normalized spacial score (nSPS) is 12.6. The summed E-state index contributed by atoms with van der Waals surface area (Å²) in [5.41, 5.74) is 7.19. The van der Waals surface area contributed by atoms with E-state index >= 15 is 0 Å².